The summed E-state index contributed by atoms with van der Waals surface area (Å²) in [5, 5.41) is 10.4. The molecule has 0 radical (unpaired) electrons. The maximum atomic E-state index is 10.4. The van der Waals surface area contributed by atoms with Gasteiger partial charge in [0.05, 0.1) is 5.60 Å². The molecular formula is C12H20O. The van der Waals surface area contributed by atoms with Crippen molar-refractivity contribution in [3.8, 4) is 0 Å². The topological polar surface area (TPSA) is 20.2 Å². The van der Waals surface area contributed by atoms with E-state index in [1.165, 1.54) is 19.3 Å². The van der Waals surface area contributed by atoms with Crippen molar-refractivity contribution in [2.24, 2.45) is 16.7 Å². The Kier molecular flexibility index (Phi) is 1.26. The maximum Gasteiger partial charge on any atom is 0.0660 e. The van der Waals surface area contributed by atoms with Gasteiger partial charge < -0.3 is 5.11 Å². The molecule has 4 saturated carbocycles. The molecule has 0 amide bonds. The molecule has 0 heterocycles. The molecule has 4 fully saturated rings. The Morgan fingerprint density at radius 2 is 1.46 bits per heavy atom. The zero-order valence-electron chi connectivity index (χ0n) is 8.77. The predicted molar refractivity (Wildman–Crippen MR) is 52.4 cm³/mol. The van der Waals surface area contributed by atoms with E-state index in [2.05, 4.69) is 13.8 Å². The van der Waals surface area contributed by atoms with Gasteiger partial charge in [-0.2, -0.15) is 0 Å². The highest BCUT2D eigenvalue weighted by Gasteiger charge is 2.59. The summed E-state index contributed by atoms with van der Waals surface area (Å²) in [5.74, 6) is 0.830. The Morgan fingerprint density at radius 1 is 0.923 bits per heavy atom. The first kappa shape index (κ1) is 8.28. The third-order valence-electron chi connectivity index (χ3n) is 4.60. The van der Waals surface area contributed by atoms with Crippen LogP contribution in [0.4, 0.5) is 0 Å². The third-order valence-corrected chi connectivity index (χ3v) is 4.60. The van der Waals surface area contributed by atoms with E-state index in [1.54, 1.807) is 0 Å². The molecule has 4 bridgehead atoms. The lowest BCUT2D eigenvalue weighted by molar-refractivity contribution is -0.189. The van der Waals surface area contributed by atoms with Gasteiger partial charge in [-0.25, -0.2) is 0 Å². The molecule has 2 unspecified atom stereocenters. The molecule has 4 rings (SSSR count). The largest absolute Gasteiger partial charge is 0.390 e. The summed E-state index contributed by atoms with van der Waals surface area (Å²) in [6, 6.07) is 0. The van der Waals surface area contributed by atoms with Crippen LogP contribution >= 0.6 is 0 Å². The summed E-state index contributed by atoms with van der Waals surface area (Å²) >= 11 is 0. The van der Waals surface area contributed by atoms with Gasteiger partial charge in [0, 0.05) is 0 Å². The summed E-state index contributed by atoms with van der Waals surface area (Å²) in [6.45, 7) is 4.78. The van der Waals surface area contributed by atoms with Gasteiger partial charge in [0.2, 0.25) is 0 Å². The zero-order valence-corrected chi connectivity index (χ0v) is 8.77. The van der Waals surface area contributed by atoms with Crippen LogP contribution in [0.3, 0.4) is 0 Å². The molecule has 13 heavy (non-hydrogen) atoms. The quantitative estimate of drug-likeness (QED) is 0.607. The molecule has 0 saturated heterocycles. The van der Waals surface area contributed by atoms with Crippen LogP contribution < -0.4 is 0 Å². The Hall–Kier alpha value is -0.0400. The molecule has 4 atom stereocenters. The van der Waals surface area contributed by atoms with Gasteiger partial charge >= 0.3 is 0 Å². The Labute approximate surface area is 80.5 Å². The van der Waals surface area contributed by atoms with Crippen molar-refractivity contribution >= 4 is 0 Å². The molecule has 1 heteroatoms. The van der Waals surface area contributed by atoms with Crippen LogP contribution in [0.1, 0.15) is 52.4 Å². The molecule has 4 aliphatic rings. The van der Waals surface area contributed by atoms with E-state index in [4.69, 9.17) is 0 Å². The molecule has 4 aliphatic carbocycles. The number of hydrogen-bond donors (Lipinski definition) is 1. The van der Waals surface area contributed by atoms with Crippen molar-refractivity contribution in [2.45, 2.75) is 58.0 Å². The minimum absolute atomic E-state index is 0.275. The third kappa shape index (κ3) is 1.09. The van der Waals surface area contributed by atoms with Gasteiger partial charge in [0.25, 0.3) is 0 Å². The summed E-state index contributed by atoms with van der Waals surface area (Å²) in [6.07, 6.45) is 7.37. The van der Waals surface area contributed by atoms with E-state index in [1.807, 2.05) is 0 Å². The predicted octanol–water partition coefficient (Wildman–Crippen LogP) is 2.73. The second-order valence-corrected chi connectivity index (χ2v) is 6.85. The van der Waals surface area contributed by atoms with E-state index < -0.39 is 0 Å². The lowest BCUT2D eigenvalue weighted by atomic mass is 9.44. The smallest absolute Gasteiger partial charge is 0.0660 e. The number of aliphatic hydroxyl groups is 1. The van der Waals surface area contributed by atoms with Crippen LogP contribution in [0.2, 0.25) is 0 Å². The highest BCUT2D eigenvalue weighted by atomic mass is 16.3. The first-order valence-electron chi connectivity index (χ1n) is 5.63. The fraction of sp³-hybridized carbons (Fsp3) is 1.00. The lowest BCUT2D eigenvalue weighted by Gasteiger charge is -2.63. The van der Waals surface area contributed by atoms with Crippen LogP contribution in [0.25, 0.3) is 0 Å². The van der Waals surface area contributed by atoms with Gasteiger partial charge in [-0.1, -0.05) is 13.8 Å². The molecule has 0 aromatic carbocycles. The highest BCUT2D eigenvalue weighted by molar-refractivity contribution is 5.10. The van der Waals surface area contributed by atoms with E-state index >= 15 is 0 Å². The summed E-state index contributed by atoms with van der Waals surface area (Å²) in [5.41, 5.74) is 0.675. The minimum Gasteiger partial charge on any atom is -0.390 e. The van der Waals surface area contributed by atoms with Gasteiger partial charge in [0.15, 0.2) is 0 Å². The molecule has 1 nitrogen and oxygen atoms in total. The average molecular weight is 180 g/mol. The second kappa shape index (κ2) is 1.98. The molecule has 0 aliphatic heterocycles. The van der Waals surface area contributed by atoms with Crippen molar-refractivity contribution in [3.05, 3.63) is 0 Å². The lowest BCUT2D eigenvalue weighted by Crippen LogP contribution is -2.58. The fourth-order valence-corrected chi connectivity index (χ4v) is 5.39. The minimum atomic E-state index is -0.275. The van der Waals surface area contributed by atoms with Crippen molar-refractivity contribution in [1.29, 1.82) is 0 Å². The molecule has 0 aromatic rings. The fourth-order valence-electron chi connectivity index (χ4n) is 5.39. The first-order chi connectivity index (χ1) is 5.91. The molecule has 74 valence electrons. The molecule has 0 aromatic heterocycles. The molecule has 0 spiro atoms. The Morgan fingerprint density at radius 3 is 1.85 bits per heavy atom. The second-order valence-electron chi connectivity index (χ2n) is 6.85. The van der Waals surface area contributed by atoms with Crippen molar-refractivity contribution < 1.29 is 5.11 Å². The van der Waals surface area contributed by atoms with E-state index in [0.717, 1.165) is 25.2 Å². The zero-order chi connectivity index (χ0) is 9.32. The van der Waals surface area contributed by atoms with Crippen LogP contribution in [0.5, 0.6) is 0 Å². The maximum absolute atomic E-state index is 10.4. The standard InChI is InChI=1S/C12H20O/c1-10-3-9-4-11(2,6-10)8-12(13,5-9)7-10/h9,13H,3-8H2,1-2H3/t9?,10-,11+,12?. The van der Waals surface area contributed by atoms with Crippen molar-refractivity contribution in [1.82, 2.24) is 0 Å². The van der Waals surface area contributed by atoms with Crippen molar-refractivity contribution in [3.63, 3.8) is 0 Å². The SMILES string of the molecule is C[C@]12CC3CC(O)(C1)C[C@@](C)(C3)C2. The first-order valence-corrected chi connectivity index (χ1v) is 5.63. The summed E-state index contributed by atoms with van der Waals surface area (Å²) in [7, 11) is 0. The van der Waals surface area contributed by atoms with E-state index in [-0.39, 0.29) is 5.60 Å². The Balaban J connectivity index is 2.03. The number of rotatable bonds is 0. The normalized spacial score (nSPS) is 64.4. The highest BCUT2D eigenvalue weighted by Crippen LogP contribution is 2.66. The van der Waals surface area contributed by atoms with Crippen molar-refractivity contribution in [2.75, 3.05) is 0 Å². The molecular weight excluding hydrogens is 160 g/mol. The summed E-state index contributed by atoms with van der Waals surface area (Å²) < 4.78 is 0. The summed E-state index contributed by atoms with van der Waals surface area (Å²) in [4.78, 5) is 0. The van der Waals surface area contributed by atoms with Gasteiger partial charge in [-0.05, 0) is 55.3 Å². The van der Waals surface area contributed by atoms with Gasteiger partial charge in [-0.15, -0.1) is 0 Å². The number of hydrogen-bond acceptors (Lipinski definition) is 1. The van der Waals surface area contributed by atoms with Gasteiger partial charge in [0.1, 0.15) is 0 Å². The monoisotopic (exact) mass is 180 g/mol. The van der Waals surface area contributed by atoms with Crippen LogP contribution in [-0.2, 0) is 0 Å². The van der Waals surface area contributed by atoms with Crippen LogP contribution in [0.15, 0.2) is 0 Å². The van der Waals surface area contributed by atoms with Crippen LogP contribution in [-0.4, -0.2) is 10.7 Å². The van der Waals surface area contributed by atoms with E-state index in [9.17, 15) is 5.11 Å². The van der Waals surface area contributed by atoms with Crippen LogP contribution in [0, 0.1) is 16.7 Å². The van der Waals surface area contributed by atoms with E-state index in [0.29, 0.717) is 10.8 Å². The average Bonchev–Trinajstić information content (AvgIpc) is 1.71. The van der Waals surface area contributed by atoms with Gasteiger partial charge in [-0.3, -0.25) is 0 Å². The molecule has 1 N–H and O–H groups in total. The Bertz CT molecular complexity index is 207.